The van der Waals surface area contributed by atoms with Crippen LogP contribution in [0.15, 0.2) is 36.4 Å². The second-order valence-corrected chi connectivity index (χ2v) is 6.13. The van der Waals surface area contributed by atoms with Crippen LogP contribution < -0.4 is 19.5 Å². The smallest absolute Gasteiger partial charge is 0.258 e. The number of benzene rings is 2. The SMILES string of the molecule is CCOc1ccc(C(C)NC(=O)COc2ccc(F)c(Cl)c2)cc1OCC. The molecule has 1 unspecified atom stereocenters. The Bertz CT molecular complexity index is 785. The van der Waals surface area contributed by atoms with Gasteiger partial charge in [-0.3, -0.25) is 4.79 Å². The van der Waals surface area contributed by atoms with E-state index < -0.39 is 5.82 Å². The van der Waals surface area contributed by atoms with E-state index in [9.17, 15) is 9.18 Å². The van der Waals surface area contributed by atoms with E-state index in [1.807, 2.05) is 39.0 Å². The number of rotatable bonds is 9. The third-order valence-corrected chi connectivity index (χ3v) is 4.00. The largest absolute Gasteiger partial charge is 0.490 e. The molecule has 7 heteroatoms. The van der Waals surface area contributed by atoms with E-state index in [1.54, 1.807) is 0 Å². The lowest BCUT2D eigenvalue weighted by Crippen LogP contribution is -2.31. The zero-order valence-electron chi connectivity index (χ0n) is 15.6. The second-order valence-electron chi connectivity index (χ2n) is 5.73. The lowest BCUT2D eigenvalue weighted by Gasteiger charge is -2.17. The molecule has 1 amide bonds. The summed E-state index contributed by atoms with van der Waals surface area (Å²) < 4.78 is 29.6. The number of ether oxygens (including phenoxy) is 3. The van der Waals surface area contributed by atoms with Gasteiger partial charge < -0.3 is 19.5 Å². The molecule has 0 aliphatic carbocycles. The Labute approximate surface area is 163 Å². The molecule has 0 heterocycles. The number of carbonyl (C=O) groups is 1. The summed E-state index contributed by atoms with van der Waals surface area (Å²) in [5, 5.41) is 2.79. The van der Waals surface area contributed by atoms with Crippen molar-refractivity contribution in [3.63, 3.8) is 0 Å². The zero-order chi connectivity index (χ0) is 19.8. The molecule has 0 aromatic heterocycles. The maximum atomic E-state index is 13.1. The predicted octanol–water partition coefficient (Wildman–Crippen LogP) is 4.53. The molecule has 0 radical (unpaired) electrons. The summed E-state index contributed by atoms with van der Waals surface area (Å²) in [4.78, 5) is 12.1. The van der Waals surface area contributed by atoms with E-state index in [2.05, 4.69) is 5.32 Å². The molecule has 2 aromatic carbocycles. The van der Waals surface area contributed by atoms with Crippen molar-refractivity contribution in [3.05, 3.63) is 52.8 Å². The Morgan fingerprint density at radius 1 is 1.07 bits per heavy atom. The van der Waals surface area contributed by atoms with E-state index in [1.165, 1.54) is 18.2 Å². The van der Waals surface area contributed by atoms with Crippen molar-refractivity contribution >= 4 is 17.5 Å². The van der Waals surface area contributed by atoms with Crippen molar-refractivity contribution in [2.45, 2.75) is 26.8 Å². The van der Waals surface area contributed by atoms with E-state index in [-0.39, 0.29) is 23.6 Å². The van der Waals surface area contributed by atoms with Crippen LogP contribution in [0.1, 0.15) is 32.4 Å². The van der Waals surface area contributed by atoms with Gasteiger partial charge in [-0.1, -0.05) is 17.7 Å². The van der Waals surface area contributed by atoms with Gasteiger partial charge in [0.05, 0.1) is 24.3 Å². The highest BCUT2D eigenvalue weighted by atomic mass is 35.5. The van der Waals surface area contributed by atoms with Crippen molar-refractivity contribution in [2.75, 3.05) is 19.8 Å². The molecule has 2 rings (SSSR count). The third-order valence-electron chi connectivity index (χ3n) is 3.71. The molecule has 5 nitrogen and oxygen atoms in total. The number of halogens is 2. The molecule has 0 spiro atoms. The van der Waals surface area contributed by atoms with E-state index in [0.29, 0.717) is 30.5 Å². The summed E-state index contributed by atoms with van der Waals surface area (Å²) in [7, 11) is 0. The van der Waals surface area contributed by atoms with Crippen molar-refractivity contribution in [1.82, 2.24) is 5.32 Å². The summed E-state index contributed by atoms with van der Waals surface area (Å²) in [6.45, 7) is 6.50. The Kier molecular flexibility index (Phi) is 7.73. The van der Waals surface area contributed by atoms with Crippen LogP contribution >= 0.6 is 11.6 Å². The minimum Gasteiger partial charge on any atom is -0.490 e. The quantitative estimate of drug-likeness (QED) is 0.677. The molecule has 1 atom stereocenters. The molecule has 0 bridgehead atoms. The molecule has 0 fully saturated rings. The Hall–Kier alpha value is -2.47. The summed E-state index contributed by atoms with van der Waals surface area (Å²) in [6.07, 6.45) is 0. The predicted molar refractivity (Wildman–Crippen MR) is 102 cm³/mol. The number of nitrogens with one attached hydrogen (secondary N) is 1. The molecule has 2 aromatic rings. The number of hydrogen-bond donors (Lipinski definition) is 1. The van der Waals surface area contributed by atoms with Crippen LogP contribution in [0.25, 0.3) is 0 Å². The van der Waals surface area contributed by atoms with Crippen molar-refractivity contribution < 1.29 is 23.4 Å². The monoisotopic (exact) mass is 395 g/mol. The summed E-state index contributed by atoms with van der Waals surface area (Å²) in [6, 6.07) is 9.22. The van der Waals surface area contributed by atoms with Gasteiger partial charge in [0.25, 0.3) is 5.91 Å². The van der Waals surface area contributed by atoms with Gasteiger partial charge in [-0.2, -0.15) is 0 Å². The first-order valence-corrected chi connectivity index (χ1v) is 9.09. The van der Waals surface area contributed by atoms with Gasteiger partial charge in [0.2, 0.25) is 0 Å². The van der Waals surface area contributed by atoms with Crippen LogP contribution in [0.2, 0.25) is 5.02 Å². The number of hydrogen-bond acceptors (Lipinski definition) is 4. The van der Waals surface area contributed by atoms with Gasteiger partial charge in [0, 0.05) is 6.07 Å². The standard InChI is InChI=1S/C20H23ClFNO4/c1-4-25-18-9-6-14(10-19(18)26-5-2)13(3)23-20(24)12-27-15-7-8-17(22)16(21)11-15/h6-11,13H,4-5,12H2,1-3H3,(H,23,24). The van der Waals surface area contributed by atoms with Crippen LogP contribution in [0, 0.1) is 5.82 Å². The van der Waals surface area contributed by atoms with Gasteiger partial charge in [-0.05, 0) is 50.6 Å². The molecule has 1 N–H and O–H groups in total. The highest BCUT2D eigenvalue weighted by Gasteiger charge is 2.14. The minimum absolute atomic E-state index is 0.0564. The fraction of sp³-hybridized carbons (Fsp3) is 0.350. The molecular formula is C20H23ClFNO4. The average molecular weight is 396 g/mol. The maximum Gasteiger partial charge on any atom is 0.258 e. The molecule has 0 saturated carbocycles. The van der Waals surface area contributed by atoms with Crippen LogP contribution in [0.4, 0.5) is 4.39 Å². The van der Waals surface area contributed by atoms with Crippen LogP contribution in [-0.4, -0.2) is 25.7 Å². The molecule has 0 saturated heterocycles. The molecular weight excluding hydrogens is 373 g/mol. The fourth-order valence-electron chi connectivity index (χ4n) is 2.42. The number of carbonyl (C=O) groups excluding carboxylic acids is 1. The Balaban J connectivity index is 1.96. The van der Waals surface area contributed by atoms with Crippen LogP contribution in [0.3, 0.4) is 0 Å². The van der Waals surface area contributed by atoms with Crippen molar-refractivity contribution in [1.29, 1.82) is 0 Å². The first-order valence-electron chi connectivity index (χ1n) is 8.71. The molecule has 0 aliphatic heterocycles. The van der Waals surface area contributed by atoms with Crippen LogP contribution in [0.5, 0.6) is 17.2 Å². The summed E-state index contributed by atoms with van der Waals surface area (Å²) in [5.41, 5.74) is 0.875. The van der Waals surface area contributed by atoms with E-state index in [4.69, 9.17) is 25.8 Å². The second kappa shape index (κ2) is 10.0. The fourth-order valence-corrected chi connectivity index (χ4v) is 2.59. The Morgan fingerprint density at radius 2 is 1.78 bits per heavy atom. The van der Waals surface area contributed by atoms with Crippen molar-refractivity contribution in [3.8, 4) is 17.2 Å². The van der Waals surface area contributed by atoms with Crippen LogP contribution in [-0.2, 0) is 4.79 Å². The number of amides is 1. The first-order chi connectivity index (χ1) is 12.9. The third kappa shape index (κ3) is 6.03. The lowest BCUT2D eigenvalue weighted by molar-refractivity contribution is -0.123. The average Bonchev–Trinajstić information content (AvgIpc) is 2.64. The van der Waals surface area contributed by atoms with Gasteiger partial charge >= 0.3 is 0 Å². The molecule has 146 valence electrons. The Morgan fingerprint density at radius 3 is 2.44 bits per heavy atom. The normalized spacial score (nSPS) is 11.6. The first kappa shape index (κ1) is 20.8. The molecule has 27 heavy (non-hydrogen) atoms. The van der Waals surface area contributed by atoms with Gasteiger partial charge in [0.15, 0.2) is 18.1 Å². The highest BCUT2D eigenvalue weighted by Crippen LogP contribution is 2.30. The lowest BCUT2D eigenvalue weighted by atomic mass is 10.1. The zero-order valence-corrected chi connectivity index (χ0v) is 16.3. The minimum atomic E-state index is -0.539. The van der Waals surface area contributed by atoms with Crippen molar-refractivity contribution in [2.24, 2.45) is 0 Å². The maximum absolute atomic E-state index is 13.1. The summed E-state index contributed by atoms with van der Waals surface area (Å²) in [5.74, 6) is 0.773. The highest BCUT2D eigenvalue weighted by molar-refractivity contribution is 6.30. The van der Waals surface area contributed by atoms with E-state index in [0.717, 1.165) is 5.56 Å². The summed E-state index contributed by atoms with van der Waals surface area (Å²) >= 11 is 5.69. The van der Waals surface area contributed by atoms with Gasteiger partial charge in [-0.15, -0.1) is 0 Å². The van der Waals surface area contributed by atoms with E-state index >= 15 is 0 Å². The van der Waals surface area contributed by atoms with Gasteiger partial charge in [-0.25, -0.2) is 4.39 Å². The molecule has 0 aliphatic rings. The van der Waals surface area contributed by atoms with Gasteiger partial charge in [0.1, 0.15) is 11.6 Å². The topological polar surface area (TPSA) is 56.8 Å².